The third-order valence-corrected chi connectivity index (χ3v) is 8.52. The van der Waals surface area contributed by atoms with Gasteiger partial charge in [0.05, 0.1) is 5.56 Å². The Labute approximate surface area is 132 Å². The quantitative estimate of drug-likeness (QED) is 0.640. The van der Waals surface area contributed by atoms with Crippen molar-refractivity contribution in [2.45, 2.75) is 51.9 Å². The lowest BCUT2D eigenvalue weighted by Crippen LogP contribution is -2.44. The van der Waals surface area contributed by atoms with Crippen LogP contribution in [0.3, 0.4) is 0 Å². The number of benzene rings is 1. The van der Waals surface area contributed by atoms with Crippen molar-refractivity contribution in [3.05, 3.63) is 29.3 Å². The topological polar surface area (TPSA) is 89.6 Å². The van der Waals surface area contributed by atoms with Crippen molar-refractivity contribution in [2.24, 2.45) is 5.73 Å². The number of hydrogen-bond acceptors (Lipinski definition) is 4. The first kappa shape index (κ1) is 18.4. The molecule has 6 heteroatoms. The second kappa shape index (κ2) is 6.22. The van der Waals surface area contributed by atoms with Crippen LogP contribution in [-0.4, -0.2) is 25.2 Å². The highest BCUT2D eigenvalue weighted by Crippen LogP contribution is 2.38. The van der Waals surface area contributed by atoms with Gasteiger partial charge in [0, 0.05) is 0 Å². The molecule has 0 fully saturated rings. The van der Waals surface area contributed by atoms with Gasteiger partial charge in [0.2, 0.25) is 0 Å². The molecular formula is C16H25NO4Si. The van der Waals surface area contributed by atoms with Gasteiger partial charge in [0.15, 0.2) is 5.78 Å². The average molecular weight is 323 g/mol. The van der Waals surface area contributed by atoms with E-state index in [1.54, 1.807) is 12.1 Å². The molecule has 122 valence electrons. The maximum atomic E-state index is 11.9. The summed E-state index contributed by atoms with van der Waals surface area (Å²) < 4.78 is 6.18. The summed E-state index contributed by atoms with van der Waals surface area (Å²) in [5, 5.41) is 8.99. The van der Waals surface area contributed by atoms with Gasteiger partial charge < -0.3 is 15.3 Å². The number of rotatable bonds is 5. The van der Waals surface area contributed by atoms with Crippen molar-refractivity contribution in [2.75, 3.05) is 0 Å². The summed E-state index contributed by atoms with van der Waals surface area (Å²) in [4.78, 5) is 22.9. The van der Waals surface area contributed by atoms with Crippen LogP contribution in [0.25, 0.3) is 0 Å². The fraction of sp³-hybridized carbons (Fsp3) is 0.500. The maximum absolute atomic E-state index is 11.9. The maximum Gasteiger partial charge on any atom is 0.325 e. The minimum atomic E-state index is -2.09. The first-order valence-corrected chi connectivity index (χ1v) is 10.1. The van der Waals surface area contributed by atoms with Crippen LogP contribution < -0.4 is 10.2 Å². The van der Waals surface area contributed by atoms with Gasteiger partial charge in [-0.25, -0.2) is 0 Å². The molecule has 1 rings (SSSR count). The van der Waals surface area contributed by atoms with Crippen molar-refractivity contribution >= 4 is 20.1 Å². The second-order valence-electron chi connectivity index (χ2n) is 6.99. The van der Waals surface area contributed by atoms with E-state index in [-0.39, 0.29) is 10.8 Å². The van der Waals surface area contributed by atoms with Crippen LogP contribution in [0.15, 0.2) is 18.2 Å². The summed E-state index contributed by atoms with van der Waals surface area (Å²) in [5.41, 5.74) is 6.37. The van der Waals surface area contributed by atoms with Crippen molar-refractivity contribution in [3.63, 3.8) is 0 Å². The Kier molecular flexibility index (Phi) is 5.20. The van der Waals surface area contributed by atoms with Crippen molar-refractivity contribution in [1.29, 1.82) is 0 Å². The smallest absolute Gasteiger partial charge is 0.325 e. The first-order valence-electron chi connectivity index (χ1n) is 7.19. The van der Waals surface area contributed by atoms with Crippen LogP contribution in [0, 0.1) is 0 Å². The number of hydrogen-bond donors (Lipinski definition) is 2. The number of nitrogens with two attached hydrogens (primary N) is 1. The minimum Gasteiger partial charge on any atom is -0.543 e. The molecule has 3 N–H and O–H groups in total. The highest BCUT2D eigenvalue weighted by atomic mass is 28.4. The van der Waals surface area contributed by atoms with Crippen molar-refractivity contribution in [3.8, 4) is 5.75 Å². The molecule has 1 aromatic rings. The molecule has 0 aliphatic carbocycles. The number of carbonyl (C=O) groups is 2. The predicted octanol–water partition coefficient (Wildman–Crippen LogP) is 3.36. The van der Waals surface area contributed by atoms with Crippen LogP contribution in [0.5, 0.6) is 5.75 Å². The van der Waals surface area contributed by atoms with E-state index in [1.165, 1.54) is 13.0 Å². The van der Waals surface area contributed by atoms with Crippen LogP contribution in [0.4, 0.5) is 0 Å². The second-order valence-corrected chi connectivity index (χ2v) is 11.7. The molecule has 0 heterocycles. The molecule has 1 aromatic carbocycles. The highest BCUT2D eigenvalue weighted by molar-refractivity contribution is 6.74. The number of Topliss-reactive ketones (excluding diaryl/α,β-unsaturated/α-hetero) is 1. The molecule has 22 heavy (non-hydrogen) atoms. The zero-order valence-electron chi connectivity index (χ0n) is 14.1. The number of aliphatic carboxylic acids is 1. The molecule has 0 spiro atoms. The summed E-state index contributed by atoms with van der Waals surface area (Å²) in [7, 11) is -2.09. The fourth-order valence-corrected chi connectivity index (χ4v) is 2.71. The molecule has 0 saturated heterocycles. The van der Waals surface area contributed by atoms with E-state index in [0.29, 0.717) is 16.9 Å². The normalized spacial score (nSPS) is 13.6. The van der Waals surface area contributed by atoms with Gasteiger partial charge in [-0.3, -0.25) is 9.59 Å². The molecule has 0 bridgehead atoms. The number of carboxylic acid groups (broad SMARTS) is 1. The summed E-state index contributed by atoms with van der Waals surface area (Å²) in [6.07, 6.45) is 0. The van der Waals surface area contributed by atoms with Gasteiger partial charge in [0.25, 0.3) is 8.32 Å². The SMILES string of the molecule is CC(=O)c1cc(C(N)C(=O)O)ccc1O[Si](C)(C)C(C)(C)C. The molecule has 5 nitrogen and oxygen atoms in total. The van der Waals surface area contributed by atoms with Gasteiger partial charge in [-0.15, -0.1) is 0 Å². The summed E-state index contributed by atoms with van der Waals surface area (Å²) in [6.45, 7) is 12.0. The minimum absolute atomic E-state index is 0.00278. The number of ketones is 1. The third kappa shape index (κ3) is 3.95. The Balaban J connectivity index is 3.28. The Bertz CT molecular complexity index is 590. The van der Waals surface area contributed by atoms with Gasteiger partial charge >= 0.3 is 5.97 Å². The molecule has 0 saturated carbocycles. The van der Waals surface area contributed by atoms with E-state index in [0.717, 1.165) is 0 Å². The van der Waals surface area contributed by atoms with Gasteiger partial charge in [-0.1, -0.05) is 26.8 Å². The van der Waals surface area contributed by atoms with E-state index in [4.69, 9.17) is 15.3 Å². The molecule has 0 amide bonds. The lowest BCUT2D eigenvalue weighted by atomic mass is 10.0. The standard InChI is InChI=1S/C16H25NO4Si/c1-10(18)12-9-11(14(17)15(19)20)7-8-13(12)21-22(5,6)16(2,3)4/h7-9,14H,17H2,1-6H3,(H,19,20). The Hall–Kier alpha value is -1.66. The molecule has 1 unspecified atom stereocenters. The Morgan fingerprint density at radius 2 is 1.82 bits per heavy atom. The molecule has 1 atom stereocenters. The zero-order chi connectivity index (χ0) is 17.3. The first-order chi connectivity index (χ1) is 9.86. The predicted molar refractivity (Wildman–Crippen MR) is 88.8 cm³/mol. The van der Waals surface area contributed by atoms with Crippen LogP contribution >= 0.6 is 0 Å². The number of carboxylic acids is 1. The van der Waals surface area contributed by atoms with Crippen LogP contribution in [0.2, 0.25) is 18.1 Å². The molecule has 0 radical (unpaired) electrons. The summed E-state index contributed by atoms with van der Waals surface area (Å²) >= 11 is 0. The van der Waals surface area contributed by atoms with E-state index in [9.17, 15) is 9.59 Å². The van der Waals surface area contributed by atoms with E-state index < -0.39 is 20.3 Å². The molecule has 0 aliphatic heterocycles. The van der Waals surface area contributed by atoms with Crippen LogP contribution in [0.1, 0.15) is 49.7 Å². The van der Waals surface area contributed by atoms with E-state index >= 15 is 0 Å². The summed E-state index contributed by atoms with van der Waals surface area (Å²) in [6, 6.07) is 3.62. The van der Waals surface area contributed by atoms with Gasteiger partial charge in [0.1, 0.15) is 11.8 Å². The van der Waals surface area contributed by atoms with Crippen molar-refractivity contribution < 1.29 is 19.1 Å². The lowest BCUT2D eigenvalue weighted by molar-refractivity contribution is -0.138. The van der Waals surface area contributed by atoms with Crippen molar-refractivity contribution in [1.82, 2.24) is 0 Å². The molecule has 0 aromatic heterocycles. The lowest BCUT2D eigenvalue weighted by Gasteiger charge is -2.37. The Morgan fingerprint density at radius 1 is 1.27 bits per heavy atom. The largest absolute Gasteiger partial charge is 0.543 e. The van der Waals surface area contributed by atoms with Gasteiger partial charge in [-0.05, 0) is 42.8 Å². The monoisotopic (exact) mass is 323 g/mol. The Morgan fingerprint density at radius 3 is 2.23 bits per heavy atom. The van der Waals surface area contributed by atoms with E-state index in [2.05, 4.69) is 33.9 Å². The highest BCUT2D eigenvalue weighted by Gasteiger charge is 2.39. The zero-order valence-corrected chi connectivity index (χ0v) is 15.1. The van der Waals surface area contributed by atoms with Gasteiger partial charge in [-0.2, -0.15) is 0 Å². The fourth-order valence-electron chi connectivity index (χ4n) is 1.68. The summed E-state index contributed by atoms with van der Waals surface area (Å²) in [5.74, 6) is -0.804. The average Bonchev–Trinajstić information content (AvgIpc) is 2.36. The third-order valence-electron chi connectivity index (χ3n) is 4.18. The van der Waals surface area contributed by atoms with E-state index in [1.807, 2.05) is 0 Å². The van der Waals surface area contributed by atoms with Crippen LogP contribution in [-0.2, 0) is 4.79 Å². The molecule has 0 aliphatic rings. The number of carbonyl (C=O) groups excluding carboxylic acids is 1. The molecular weight excluding hydrogens is 298 g/mol.